The molecule has 0 aliphatic carbocycles. The molecule has 2 aromatic rings. The Balaban J connectivity index is 0.00000119. The summed E-state index contributed by atoms with van der Waals surface area (Å²) < 4.78 is 31.1. The fourth-order valence-corrected chi connectivity index (χ4v) is 4.85. The average molecular weight is 442 g/mol. The maximum absolute atomic E-state index is 13.2. The van der Waals surface area contributed by atoms with Crippen molar-refractivity contribution in [1.29, 1.82) is 0 Å². The van der Waals surface area contributed by atoms with Gasteiger partial charge in [0.25, 0.3) is 0 Å². The van der Waals surface area contributed by atoms with Crippen LogP contribution in [0, 0.1) is 5.82 Å². The molecule has 5 rings (SSSR count). The van der Waals surface area contributed by atoms with Crippen LogP contribution in [0.3, 0.4) is 0 Å². The van der Waals surface area contributed by atoms with Gasteiger partial charge in [-0.05, 0) is 35.9 Å². The van der Waals surface area contributed by atoms with Gasteiger partial charge >= 0.3 is 0 Å². The summed E-state index contributed by atoms with van der Waals surface area (Å²) in [4.78, 5) is 7.19. The monoisotopic (exact) mass is 441 g/mol. The molecule has 0 amide bonds. The Hall–Kier alpha value is -2.45. The number of nitrogens with zero attached hydrogens (tertiary/aromatic N) is 3. The van der Waals surface area contributed by atoms with Crippen LogP contribution in [0.15, 0.2) is 55.6 Å². The first-order valence-corrected chi connectivity index (χ1v) is 11.1. The molecule has 0 saturated carbocycles. The lowest BCUT2D eigenvalue weighted by Crippen LogP contribution is -2.54. The first kappa shape index (κ1) is 22.7. The minimum atomic E-state index is -0.740. The lowest BCUT2D eigenvalue weighted by atomic mass is 9.93. The lowest BCUT2D eigenvalue weighted by molar-refractivity contribution is -0.192. The van der Waals surface area contributed by atoms with Gasteiger partial charge in [0.15, 0.2) is 0 Å². The Morgan fingerprint density at radius 2 is 1.66 bits per heavy atom. The van der Waals surface area contributed by atoms with E-state index in [0.717, 1.165) is 56.4 Å². The molecule has 172 valence electrons. The number of methoxy groups -OCH3 is 1. The van der Waals surface area contributed by atoms with Gasteiger partial charge in [-0.25, -0.2) is 4.39 Å². The van der Waals surface area contributed by atoms with Gasteiger partial charge in [0.2, 0.25) is 5.79 Å². The van der Waals surface area contributed by atoms with Gasteiger partial charge in [-0.2, -0.15) is 0 Å². The molecule has 1 spiro atoms. The Bertz CT molecular complexity index is 894. The molecule has 32 heavy (non-hydrogen) atoms. The summed E-state index contributed by atoms with van der Waals surface area (Å²) in [6, 6.07) is 12.9. The topological polar surface area (TPSA) is 37.4 Å². The van der Waals surface area contributed by atoms with E-state index in [-0.39, 0.29) is 5.82 Å². The molecule has 3 aliphatic heterocycles. The second-order valence-corrected chi connectivity index (χ2v) is 8.15. The maximum Gasteiger partial charge on any atom is 0.212 e. The highest BCUT2D eigenvalue weighted by molar-refractivity contribution is 5.47. The molecule has 0 radical (unpaired) electrons. The Morgan fingerprint density at radius 1 is 0.969 bits per heavy atom. The SMILES string of the molecule is C=C.COc1cccc2c1C1(CN(CN3CCN(c4ccc(F)cc4)CC3)C2)OCCO1. The zero-order valence-electron chi connectivity index (χ0n) is 18.8. The van der Waals surface area contributed by atoms with Gasteiger partial charge in [-0.3, -0.25) is 9.80 Å². The molecule has 2 aromatic carbocycles. The summed E-state index contributed by atoms with van der Waals surface area (Å²) in [5.74, 6) is -0.0949. The second-order valence-electron chi connectivity index (χ2n) is 8.15. The molecular formula is C25H32FN3O3. The molecule has 0 N–H and O–H groups in total. The summed E-state index contributed by atoms with van der Waals surface area (Å²) in [7, 11) is 1.70. The van der Waals surface area contributed by atoms with E-state index in [0.29, 0.717) is 19.8 Å². The predicted octanol–water partition coefficient (Wildman–Crippen LogP) is 3.43. The van der Waals surface area contributed by atoms with Crippen LogP contribution in [-0.2, 0) is 21.8 Å². The van der Waals surface area contributed by atoms with E-state index < -0.39 is 5.79 Å². The van der Waals surface area contributed by atoms with Crippen molar-refractivity contribution in [3.8, 4) is 5.75 Å². The summed E-state index contributed by atoms with van der Waals surface area (Å²) in [5.41, 5.74) is 3.33. The number of anilines is 1. The minimum absolute atomic E-state index is 0.190. The van der Waals surface area contributed by atoms with Gasteiger partial charge in [-0.1, -0.05) is 12.1 Å². The molecule has 3 heterocycles. The van der Waals surface area contributed by atoms with Gasteiger partial charge in [-0.15, -0.1) is 13.2 Å². The Morgan fingerprint density at radius 3 is 2.31 bits per heavy atom. The summed E-state index contributed by atoms with van der Waals surface area (Å²) in [6.07, 6.45) is 0. The number of fused-ring (bicyclic) bond motifs is 2. The molecule has 7 heteroatoms. The fourth-order valence-electron chi connectivity index (χ4n) is 4.85. The van der Waals surface area contributed by atoms with E-state index in [1.54, 1.807) is 7.11 Å². The minimum Gasteiger partial charge on any atom is -0.496 e. The Kier molecular flexibility index (Phi) is 7.10. The van der Waals surface area contributed by atoms with Crippen LogP contribution >= 0.6 is 0 Å². The van der Waals surface area contributed by atoms with E-state index in [9.17, 15) is 4.39 Å². The van der Waals surface area contributed by atoms with Crippen molar-refractivity contribution in [3.05, 3.63) is 72.6 Å². The van der Waals surface area contributed by atoms with Crippen LogP contribution in [0.25, 0.3) is 0 Å². The van der Waals surface area contributed by atoms with Gasteiger partial charge in [0.05, 0.1) is 39.1 Å². The standard InChI is InChI=1S/C23H28FN3O3.C2H4/c1-28-21-4-2-3-18-15-26(16-23(22(18)21)29-13-14-30-23)17-25-9-11-27(12-10-25)20-7-5-19(24)6-8-20;1-2/h2-8H,9-17H2,1H3;1-2H2. The molecular weight excluding hydrogens is 409 g/mol. The fraction of sp³-hybridized carbons (Fsp3) is 0.440. The highest BCUT2D eigenvalue weighted by atomic mass is 19.1. The van der Waals surface area contributed by atoms with Crippen LogP contribution in [0.2, 0.25) is 0 Å². The Labute approximate surface area is 189 Å². The third-order valence-corrected chi connectivity index (χ3v) is 6.26. The largest absolute Gasteiger partial charge is 0.496 e. The molecule has 0 unspecified atom stereocenters. The normalized spacial score (nSPS) is 20.5. The van der Waals surface area contributed by atoms with Crippen molar-refractivity contribution in [1.82, 2.24) is 9.80 Å². The maximum atomic E-state index is 13.2. The quantitative estimate of drug-likeness (QED) is 0.677. The lowest BCUT2D eigenvalue weighted by Gasteiger charge is -2.44. The number of piperazine rings is 1. The first-order chi connectivity index (χ1) is 15.7. The molecule has 6 nitrogen and oxygen atoms in total. The number of benzene rings is 2. The van der Waals surface area contributed by atoms with Gasteiger partial charge < -0.3 is 19.1 Å². The van der Waals surface area contributed by atoms with Gasteiger partial charge in [0, 0.05) is 38.4 Å². The van der Waals surface area contributed by atoms with Crippen LogP contribution < -0.4 is 9.64 Å². The van der Waals surface area contributed by atoms with E-state index in [2.05, 4.69) is 33.9 Å². The average Bonchev–Trinajstić information content (AvgIpc) is 3.29. The van der Waals surface area contributed by atoms with Crippen LogP contribution in [0.5, 0.6) is 5.75 Å². The highest BCUT2D eigenvalue weighted by Gasteiger charge is 2.47. The summed E-state index contributed by atoms with van der Waals surface area (Å²) in [6.45, 7) is 13.4. The van der Waals surface area contributed by atoms with Crippen LogP contribution in [0.4, 0.5) is 10.1 Å². The van der Waals surface area contributed by atoms with E-state index in [4.69, 9.17) is 14.2 Å². The van der Waals surface area contributed by atoms with Crippen molar-refractivity contribution >= 4 is 5.69 Å². The van der Waals surface area contributed by atoms with Gasteiger partial charge in [0.1, 0.15) is 11.6 Å². The molecule has 0 bridgehead atoms. The third-order valence-electron chi connectivity index (χ3n) is 6.26. The first-order valence-electron chi connectivity index (χ1n) is 11.1. The molecule has 0 atom stereocenters. The van der Waals surface area contributed by atoms with Crippen molar-refractivity contribution in [2.24, 2.45) is 0 Å². The second kappa shape index (κ2) is 10.0. The van der Waals surface area contributed by atoms with Crippen LogP contribution in [-0.4, -0.2) is 69.5 Å². The smallest absolute Gasteiger partial charge is 0.212 e. The molecule has 2 saturated heterocycles. The van der Waals surface area contributed by atoms with E-state index in [1.165, 1.54) is 17.7 Å². The third kappa shape index (κ3) is 4.52. The van der Waals surface area contributed by atoms with Crippen molar-refractivity contribution < 1.29 is 18.6 Å². The summed E-state index contributed by atoms with van der Waals surface area (Å²) in [5, 5.41) is 0. The number of hydrogen-bond donors (Lipinski definition) is 0. The van der Waals surface area contributed by atoms with E-state index >= 15 is 0 Å². The van der Waals surface area contributed by atoms with E-state index in [1.807, 2.05) is 24.3 Å². The zero-order chi connectivity index (χ0) is 22.6. The molecule has 3 aliphatic rings. The molecule has 2 fully saturated rings. The predicted molar refractivity (Wildman–Crippen MR) is 123 cm³/mol. The van der Waals surface area contributed by atoms with Crippen LogP contribution in [0.1, 0.15) is 11.1 Å². The number of halogens is 1. The molecule has 0 aromatic heterocycles. The number of ether oxygens (including phenoxy) is 3. The number of hydrogen-bond acceptors (Lipinski definition) is 6. The zero-order valence-corrected chi connectivity index (χ0v) is 18.8. The van der Waals surface area contributed by atoms with Crippen molar-refractivity contribution in [2.75, 3.05) is 64.6 Å². The van der Waals surface area contributed by atoms with Crippen molar-refractivity contribution in [3.63, 3.8) is 0 Å². The number of rotatable bonds is 4. The summed E-state index contributed by atoms with van der Waals surface area (Å²) >= 11 is 0. The highest BCUT2D eigenvalue weighted by Crippen LogP contribution is 2.43. The van der Waals surface area contributed by atoms with Crippen molar-refractivity contribution in [2.45, 2.75) is 12.3 Å².